The first kappa shape index (κ1) is 22.6. The van der Waals surface area contributed by atoms with Crippen molar-refractivity contribution in [3.63, 3.8) is 0 Å². The Morgan fingerprint density at radius 3 is 2.59 bits per heavy atom. The van der Waals surface area contributed by atoms with Crippen molar-refractivity contribution in [2.24, 2.45) is 0 Å². The fourth-order valence-electron chi connectivity index (χ4n) is 2.51. The Hall–Kier alpha value is -2.45. The van der Waals surface area contributed by atoms with Crippen LogP contribution in [0.3, 0.4) is 0 Å². The van der Waals surface area contributed by atoms with Crippen LogP contribution in [0, 0.1) is 0 Å². The van der Waals surface area contributed by atoms with E-state index in [9.17, 15) is 19.5 Å². The van der Waals surface area contributed by atoms with Gasteiger partial charge in [-0.25, -0.2) is 4.79 Å². The van der Waals surface area contributed by atoms with Crippen LogP contribution in [0.1, 0.15) is 25.3 Å². The van der Waals surface area contributed by atoms with Crippen LogP contribution in [0.2, 0.25) is 0 Å². The van der Waals surface area contributed by atoms with Crippen molar-refractivity contribution in [1.29, 1.82) is 0 Å². The third kappa shape index (κ3) is 8.65. The lowest BCUT2D eigenvalue weighted by Gasteiger charge is -2.33. The fourth-order valence-corrected chi connectivity index (χ4v) is 2.51. The summed E-state index contributed by atoms with van der Waals surface area (Å²) in [6, 6.07) is 9.21. The van der Waals surface area contributed by atoms with Crippen molar-refractivity contribution >= 4 is 18.3 Å². The highest BCUT2D eigenvalue weighted by Crippen LogP contribution is 2.04. The molecule has 0 aliphatic heterocycles. The number of nitrogens with one attached hydrogen (secondary N) is 1. The number of amides is 2. The van der Waals surface area contributed by atoms with Crippen LogP contribution in [-0.2, 0) is 20.9 Å². The van der Waals surface area contributed by atoms with Gasteiger partial charge in [-0.3, -0.25) is 10.1 Å². The number of carbonyl (C=O) groups excluding carboxylic acids is 3. The molecule has 0 bridgehead atoms. The predicted molar refractivity (Wildman–Crippen MR) is 101 cm³/mol. The quantitative estimate of drug-likeness (QED) is 0.415. The summed E-state index contributed by atoms with van der Waals surface area (Å²) in [6.07, 6.45) is 1.04. The summed E-state index contributed by atoms with van der Waals surface area (Å²) in [4.78, 5) is 38.3. The molecule has 1 rings (SSSR count). The summed E-state index contributed by atoms with van der Waals surface area (Å²) in [5.74, 6) is -0.639. The van der Waals surface area contributed by atoms with Crippen LogP contribution in [0.5, 0.6) is 0 Å². The van der Waals surface area contributed by atoms with Gasteiger partial charge in [0.2, 0.25) is 5.91 Å². The number of ether oxygens (including phenoxy) is 1. The first-order chi connectivity index (χ1) is 13.0. The number of aliphatic hydroxyl groups is 1. The van der Waals surface area contributed by atoms with Crippen molar-refractivity contribution in [3.8, 4) is 0 Å². The van der Waals surface area contributed by atoms with E-state index < -0.39 is 24.8 Å². The van der Waals surface area contributed by atoms with Crippen molar-refractivity contribution in [1.82, 2.24) is 15.1 Å². The second kappa shape index (κ2) is 12.8. The van der Waals surface area contributed by atoms with Crippen LogP contribution in [-0.4, -0.2) is 72.6 Å². The molecule has 0 fully saturated rings. The summed E-state index contributed by atoms with van der Waals surface area (Å²) in [7, 11) is 1.86. The predicted octanol–water partition coefficient (Wildman–Crippen LogP) is 0.991. The number of rotatable bonds is 12. The Labute approximate surface area is 160 Å². The van der Waals surface area contributed by atoms with Gasteiger partial charge < -0.3 is 24.4 Å². The number of nitrogens with zero attached hydrogens (tertiary/aromatic N) is 2. The zero-order chi connectivity index (χ0) is 20.1. The second-order valence-corrected chi connectivity index (χ2v) is 6.21. The van der Waals surface area contributed by atoms with Gasteiger partial charge in [0.25, 0.3) is 0 Å². The summed E-state index contributed by atoms with van der Waals surface area (Å²) < 4.78 is 5.21. The SMILES string of the molecule is CCCCN(C)CC(NC(=O)OCc1ccccc1)N(CC=O)C(=O)CO. The Morgan fingerprint density at radius 2 is 2.00 bits per heavy atom. The molecule has 1 aromatic carbocycles. The van der Waals surface area contributed by atoms with Gasteiger partial charge >= 0.3 is 6.09 Å². The third-order valence-corrected chi connectivity index (χ3v) is 3.98. The van der Waals surface area contributed by atoms with Crippen LogP contribution in [0.15, 0.2) is 30.3 Å². The molecule has 2 N–H and O–H groups in total. The van der Waals surface area contributed by atoms with E-state index in [-0.39, 0.29) is 13.2 Å². The Balaban J connectivity index is 2.76. The molecule has 1 unspecified atom stereocenters. The number of alkyl carbamates (subject to hydrolysis) is 1. The topological polar surface area (TPSA) is 99.2 Å². The van der Waals surface area contributed by atoms with Crippen molar-refractivity contribution in [2.45, 2.75) is 32.5 Å². The van der Waals surface area contributed by atoms with Gasteiger partial charge in [0.15, 0.2) is 0 Å². The largest absolute Gasteiger partial charge is 0.445 e. The van der Waals surface area contributed by atoms with E-state index in [1.165, 1.54) is 0 Å². The molecule has 8 heteroatoms. The highest BCUT2D eigenvalue weighted by Gasteiger charge is 2.26. The van der Waals surface area contributed by atoms with E-state index in [0.29, 0.717) is 12.8 Å². The normalized spacial score (nSPS) is 11.7. The van der Waals surface area contributed by atoms with Crippen LogP contribution >= 0.6 is 0 Å². The second-order valence-electron chi connectivity index (χ2n) is 6.21. The van der Waals surface area contributed by atoms with Crippen LogP contribution < -0.4 is 5.32 Å². The van der Waals surface area contributed by atoms with Crippen LogP contribution in [0.25, 0.3) is 0 Å². The number of benzene rings is 1. The molecule has 27 heavy (non-hydrogen) atoms. The molecule has 0 saturated carbocycles. The molecule has 0 heterocycles. The zero-order valence-corrected chi connectivity index (χ0v) is 16.0. The Kier molecular flexibility index (Phi) is 10.7. The Bertz CT molecular complexity index is 582. The van der Waals surface area contributed by atoms with E-state index in [1.54, 1.807) is 0 Å². The fraction of sp³-hybridized carbons (Fsp3) is 0.526. The maximum Gasteiger partial charge on any atom is 0.409 e. The molecular weight excluding hydrogens is 350 g/mol. The van der Waals surface area contributed by atoms with E-state index in [1.807, 2.05) is 42.3 Å². The lowest BCUT2D eigenvalue weighted by atomic mass is 10.2. The van der Waals surface area contributed by atoms with E-state index in [2.05, 4.69) is 12.2 Å². The number of aliphatic hydroxyl groups excluding tert-OH is 1. The standard InChI is InChI=1S/C19H29N3O5/c1-3-4-10-21(2)13-17(22(11-12-23)18(25)14-24)20-19(26)27-15-16-8-6-5-7-9-16/h5-9,12,17,24H,3-4,10-11,13-15H2,1-2H3,(H,20,26). The summed E-state index contributed by atoms with van der Waals surface area (Å²) >= 11 is 0. The van der Waals surface area contributed by atoms with E-state index in [0.717, 1.165) is 29.8 Å². The molecule has 8 nitrogen and oxygen atoms in total. The lowest BCUT2D eigenvalue weighted by molar-refractivity contribution is -0.139. The van der Waals surface area contributed by atoms with Gasteiger partial charge in [-0.2, -0.15) is 0 Å². The molecule has 0 aliphatic carbocycles. The average Bonchev–Trinajstić information content (AvgIpc) is 2.68. The highest BCUT2D eigenvalue weighted by molar-refractivity contribution is 5.80. The number of hydrogen-bond donors (Lipinski definition) is 2. The molecule has 1 aromatic rings. The number of likely N-dealkylation sites (N-methyl/N-ethyl adjacent to an activating group) is 1. The van der Waals surface area contributed by atoms with Gasteiger partial charge in [-0.15, -0.1) is 0 Å². The summed E-state index contributed by atoms with van der Waals surface area (Å²) in [5, 5.41) is 11.8. The minimum absolute atomic E-state index is 0.0900. The number of carbonyl (C=O) groups is 3. The molecule has 0 aromatic heterocycles. The first-order valence-corrected chi connectivity index (χ1v) is 9.01. The van der Waals surface area contributed by atoms with E-state index in [4.69, 9.17) is 4.74 Å². The summed E-state index contributed by atoms with van der Waals surface area (Å²) in [6.45, 7) is 2.26. The minimum Gasteiger partial charge on any atom is -0.445 e. The molecule has 0 aliphatic rings. The average molecular weight is 379 g/mol. The summed E-state index contributed by atoms with van der Waals surface area (Å²) in [5.41, 5.74) is 0.834. The molecule has 0 saturated heterocycles. The maximum absolute atomic E-state index is 12.2. The highest BCUT2D eigenvalue weighted by atomic mass is 16.5. The van der Waals surface area contributed by atoms with Crippen molar-refractivity contribution in [3.05, 3.63) is 35.9 Å². The van der Waals surface area contributed by atoms with Crippen molar-refractivity contribution in [2.75, 3.05) is 33.3 Å². The van der Waals surface area contributed by atoms with Crippen LogP contribution in [0.4, 0.5) is 4.79 Å². The zero-order valence-electron chi connectivity index (χ0n) is 16.0. The first-order valence-electron chi connectivity index (χ1n) is 9.01. The van der Waals surface area contributed by atoms with Gasteiger partial charge in [0, 0.05) is 6.54 Å². The van der Waals surface area contributed by atoms with Gasteiger partial charge in [-0.05, 0) is 25.6 Å². The number of aldehydes is 1. The third-order valence-electron chi connectivity index (χ3n) is 3.98. The Morgan fingerprint density at radius 1 is 1.30 bits per heavy atom. The molecule has 150 valence electrons. The maximum atomic E-state index is 12.2. The minimum atomic E-state index is -0.792. The molecule has 2 amide bonds. The van der Waals surface area contributed by atoms with Crippen molar-refractivity contribution < 1.29 is 24.2 Å². The van der Waals surface area contributed by atoms with Gasteiger partial charge in [-0.1, -0.05) is 43.7 Å². The number of unbranched alkanes of at least 4 members (excludes halogenated alkanes) is 1. The molecule has 0 spiro atoms. The monoisotopic (exact) mass is 379 g/mol. The van der Waals surface area contributed by atoms with Gasteiger partial charge in [0.1, 0.15) is 25.7 Å². The van der Waals surface area contributed by atoms with Gasteiger partial charge in [0.05, 0.1) is 6.54 Å². The smallest absolute Gasteiger partial charge is 0.409 e. The molecule has 0 radical (unpaired) electrons. The lowest BCUT2D eigenvalue weighted by Crippen LogP contribution is -2.56. The molecular formula is C19H29N3O5. The number of hydrogen-bond acceptors (Lipinski definition) is 6. The molecule has 1 atom stereocenters. The van der Waals surface area contributed by atoms with E-state index >= 15 is 0 Å².